The zero-order chi connectivity index (χ0) is 14.3. The summed E-state index contributed by atoms with van der Waals surface area (Å²) >= 11 is 0. The van der Waals surface area contributed by atoms with Crippen LogP contribution >= 0.6 is 0 Å². The molecule has 1 rings (SSSR count). The van der Waals surface area contributed by atoms with Crippen molar-refractivity contribution >= 4 is 11.9 Å². The quantitative estimate of drug-likeness (QED) is 0.483. The Hall–Kier alpha value is -1.30. The van der Waals surface area contributed by atoms with Crippen LogP contribution in [0.3, 0.4) is 0 Å². The number of aliphatic hydroxyl groups is 1. The van der Waals surface area contributed by atoms with E-state index in [1.165, 1.54) is 0 Å². The number of aliphatic hydroxyl groups excluding tert-OH is 1. The molecule has 6 heteroatoms. The number of nitrogens with zero attached hydrogens (tertiary/aromatic N) is 2. The fourth-order valence-corrected chi connectivity index (χ4v) is 2.02. The maximum absolute atomic E-state index is 11.5. The van der Waals surface area contributed by atoms with Gasteiger partial charge in [0.2, 0.25) is 5.91 Å². The van der Waals surface area contributed by atoms with Crippen molar-refractivity contribution in [1.29, 1.82) is 0 Å². The second-order valence-corrected chi connectivity index (χ2v) is 5.10. The normalized spacial score (nSPS) is 19.9. The number of rotatable bonds is 5. The Labute approximate surface area is 115 Å². The van der Waals surface area contributed by atoms with Gasteiger partial charge in [0.1, 0.15) is 0 Å². The lowest BCUT2D eigenvalue weighted by Crippen LogP contribution is -2.40. The van der Waals surface area contributed by atoms with Crippen molar-refractivity contribution in [2.24, 2.45) is 4.99 Å². The molecule has 0 saturated carbocycles. The number of β-amino-alcohol motifs (C(OH)–C–C–N with tert-alkyl or cyclic N) is 1. The lowest BCUT2D eigenvalue weighted by atomic mass is 10.3. The second-order valence-electron chi connectivity index (χ2n) is 5.10. The fourth-order valence-electron chi connectivity index (χ4n) is 2.02. The first kappa shape index (κ1) is 15.8. The summed E-state index contributed by atoms with van der Waals surface area (Å²) in [6.07, 6.45) is 0.898. The molecular weight excluding hydrogens is 244 g/mol. The number of carbonyl (C=O) groups is 1. The molecule has 19 heavy (non-hydrogen) atoms. The van der Waals surface area contributed by atoms with Gasteiger partial charge in [-0.2, -0.15) is 0 Å². The number of amides is 1. The standard InChI is InChI=1S/C13H26N4O2/c1-4-14-13(17-8-6-11(18)9-17)15-7-5-12(19)16-10(2)3/h10-11,18H,4-9H2,1-3H3,(H,14,15)(H,16,19)/t11-/m1/s1. The molecule has 110 valence electrons. The van der Waals surface area contributed by atoms with Crippen LogP contribution in [-0.2, 0) is 4.79 Å². The first-order valence-electron chi connectivity index (χ1n) is 7.03. The summed E-state index contributed by atoms with van der Waals surface area (Å²) in [7, 11) is 0. The fraction of sp³-hybridized carbons (Fsp3) is 0.846. The molecule has 1 amide bonds. The van der Waals surface area contributed by atoms with E-state index in [0.717, 1.165) is 25.5 Å². The third-order valence-corrected chi connectivity index (χ3v) is 2.85. The van der Waals surface area contributed by atoms with Crippen molar-refractivity contribution in [3.05, 3.63) is 0 Å². The highest BCUT2D eigenvalue weighted by Crippen LogP contribution is 2.08. The van der Waals surface area contributed by atoms with Gasteiger partial charge >= 0.3 is 0 Å². The maximum atomic E-state index is 11.5. The number of hydrogen-bond acceptors (Lipinski definition) is 3. The Kier molecular flexibility index (Phi) is 6.62. The Morgan fingerprint density at radius 1 is 1.53 bits per heavy atom. The van der Waals surface area contributed by atoms with Crippen LogP contribution in [0.25, 0.3) is 0 Å². The van der Waals surface area contributed by atoms with E-state index >= 15 is 0 Å². The van der Waals surface area contributed by atoms with Crippen LogP contribution in [0.5, 0.6) is 0 Å². The zero-order valence-corrected chi connectivity index (χ0v) is 12.1. The van der Waals surface area contributed by atoms with Gasteiger partial charge in [-0.25, -0.2) is 0 Å². The lowest BCUT2D eigenvalue weighted by molar-refractivity contribution is -0.121. The highest BCUT2D eigenvalue weighted by molar-refractivity contribution is 5.81. The van der Waals surface area contributed by atoms with Crippen molar-refractivity contribution in [1.82, 2.24) is 15.5 Å². The van der Waals surface area contributed by atoms with Gasteiger partial charge in [-0.3, -0.25) is 9.79 Å². The van der Waals surface area contributed by atoms with Crippen LogP contribution in [0.1, 0.15) is 33.6 Å². The van der Waals surface area contributed by atoms with Crippen LogP contribution in [0.2, 0.25) is 0 Å². The molecular formula is C13H26N4O2. The summed E-state index contributed by atoms with van der Waals surface area (Å²) in [5.74, 6) is 0.812. The van der Waals surface area contributed by atoms with Gasteiger partial charge < -0.3 is 20.6 Å². The van der Waals surface area contributed by atoms with Gasteiger partial charge in [-0.05, 0) is 27.2 Å². The van der Waals surface area contributed by atoms with Gasteiger partial charge in [0, 0.05) is 32.1 Å². The van der Waals surface area contributed by atoms with E-state index in [1.807, 2.05) is 25.7 Å². The van der Waals surface area contributed by atoms with Crippen molar-refractivity contribution in [3.8, 4) is 0 Å². The third-order valence-electron chi connectivity index (χ3n) is 2.85. The number of likely N-dealkylation sites (tertiary alicyclic amines) is 1. The van der Waals surface area contributed by atoms with E-state index in [2.05, 4.69) is 15.6 Å². The summed E-state index contributed by atoms with van der Waals surface area (Å²) in [5.41, 5.74) is 0. The van der Waals surface area contributed by atoms with Gasteiger partial charge in [-0.1, -0.05) is 0 Å². The van der Waals surface area contributed by atoms with Crippen molar-refractivity contribution in [3.63, 3.8) is 0 Å². The molecule has 1 fully saturated rings. The molecule has 6 nitrogen and oxygen atoms in total. The molecule has 0 radical (unpaired) electrons. The molecule has 0 aliphatic carbocycles. The molecule has 0 aromatic carbocycles. The predicted octanol–water partition coefficient (Wildman–Crippen LogP) is -0.0668. The summed E-state index contributed by atoms with van der Waals surface area (Å²) in [6.45, 7) is 8.56. The summed E-state index contributed by atoms with van der Waals surface area (Å²) < 4.78 is 0. The SMILES string of the molecule is CCNC(=NCCC(=O)NC(C)C)N1CC[C@@H](O)C1. The number of aliphatic imine (C=N–C) groups is 1. The average molecular weight is 270 g/mol. The van der Waals surface area contributed by atoms with Crippen molar-refractivity contribution < 1.29 is 9.90 Å². The number of hydrogen-bond donors (Lipinski definition) is 3. The van der Waals surface area contributed by atoms with Gasteiger partial charge in [0.05, 0.1) is 12.6 Å². The molecule has 0 spiro atoms. The van der Waals surface area contributed by atoms with E-state index in [4.69, 9.17) is 0 Å². The minimum Gasteiger partial charge on any atom is -0.391 e. The lowest BCUT2D eigenvalue weighted by Gasteiger charge is -2.20. The van der Waals surface area contributed by atoms with Gasteiger partial charge in [0.25, 0.3) is 0 Å². The van der Waals surface area contributed by atoms with E-state index in [9.17, 15) is 9.90 Å². The summed E-state index contributed by atoms with van der Waals surface area (Å²) in [4.78, 5) is 18.0. The molecule has 0 aromatic heterocycles. The van der Waals surface area contributed by atoms with Crippen molar-refractivity contribution in [2.75, 3.05) is 26.2 Å². The molecule has 0 bridgehead atoms. The van der Waals surface area contributed by atoms with E-state index < -0.39 is 0 Å². The molecule has 1 aliphatic heterocycles. The topological polar surface area (TPSA) is 77.0 Å². The Morgan fingerprint density at radius 3 is 2.79 bits per heavy atom. The van der Waals surface area contributed by atoms with E-state index in [1.54, 1.807) is 0 Å². The van der Waals surface area contributed by atoms with Crippen LogP contribution in [0.4, 0.5) is 0 Å². The van der Waals surface area contributed by atoms with Crippen LogP contribution in [-0.4, -0.2) is 60.2 Å². The second kappa shape index (κ2) is 7.99. The number of carbonyl (C=O) groups excluding carboxylic acids is 1. The average Bonchev–Trinajstić information content (AvgIpc) is 2.73. The minimum absolute atomic E-state index is 0.0241. The molecule has 1 atom stereocenters. The summed E-state index contributed by atoms with van der Waals surface area (Å²) in [5, 5.41) is 15.6. The van der Waals surface area contributed by atoms with Gasteiger partial charge in [0.15, 0.2) is 5.96 Å². The maximum Gasteiger partial charge on any atom is 0.222 e. The predicted molar refractivity (Wildman–Crippen MR) is 76.1 cm³/mol. The molecule has 1 saturated heterocycles. The number of nitrogens with one attached hydrogen (secondary N) is 2. The zero-order valence-electron chi connectivity index (χ0n) is 12.1. The minimum atomic E-state index is -0.270. The molecule has 0 unspecified atom stereocenters. The molecule has 1 aliphatic rings. The van der Waals surface area contributed by atoms with E-state index in [0.29, 0.717) is 19.5 Å². The molecule has 0 aromatic rings. The first-order chi connectivity index (χ1) is 9.02. The Balaban J connectivity index is 2.42. The van der Waals surface area contributed by atoms with Crippen molar-refractivity contribution in [2.45, 2.75) is 45.8 Å². The molecule has 3 N–H and O–H groups in total. The monoisotopic (exact) mass is 270 g/mol. The van der Waals surface area contributed by atoms with Crippen LogP contribution in [0, 0.1) is 0 Å². The Morgan fingerprint density at radius 2 is 2.26 bits per heavy atom. The highest BCUT2D eigenvalue weighted by Gasteiger charge is 2.22. The third kappa shape index (κ3) is 5.92. The number of guanidine groups is 1. The largest absolute Gasteiger partial charge is 0.391 e. The molecule has 1 heterocycles. The van der Waals surface area contributed by atoms with Crippen LogP contribution in [0.15, 0.2) is 4.99 Å². The smallest absolute Gasteiger partial charge is 0.222 e. The summed E-state index contributed by atoms with van der Waals surface area (Å²) in [6, 6.07) is 0.165. The first-order valence-corrected chi connectivity index (χ1v) is 7.03. The van der Waals surface area contributed by atoms with Gasteiger partial charge in [-0.15, -0.1) is 0 Å². The highest BCUT2D eigenvalue weighted by atomic mass is 16.3. The Bertz CT molecular complexity index is 318. The van der Waals surface area contributed by atoms with E-state index in [-0.39, 0.29) is 18.1 Å². The van der Waals surface area contributed by atoms with Crippen LogP contribution < -0.4 is 10.6 Å².